The molecule has 30 heavy (non-hydrogen) atoms. The molecular weight excluding hydrogens is 404 g/mol. The van der Waals surface area contributed by atoms with Gasteiger partial charge in [-0.05, 0) is 59.4 Å². The third-order valence-corrected chi connectivity index (χ3v) is 5.96. The van der Waals surface area contributed by atoms with Crippen LogP contribution < -0.4 is 15.0 Å². The van der Waals surface area contributed by atoms with Crippen molar-refractivity contribution < 1.29 is 18.7 Å². The van der Waals surface area contributed by atoms with Gasteiger partial charge in [0.2, 0.25) is 11.5 Å². The van der Waals surface area contributed by atoms with Gasteiger partial charge in [-0.15, -0.1) is 0 Å². The molecule has 1 aliphatic carbocycles. The van der Waals surface area contributed by atoms with Gasteiger partial charge in [-0.2, -0.15) is 5.26 Å². The van der Waals surface area contributed by atoms with Gasteiger partial charge in [-0.1, -0.05) is 11.8 Å². The number of nitrogens with one attached hydrogen (secondary N) is 1. The number of Topliss-reactive ketones (excluding diaryl/α,β-unsaturated/α-hetero) is 1. The number of hydrogen-bond donors (Lipinski definition) is 1. The van der Waals surface area contributed by atoms with E-state index in [-0.39, 0.29) is 11.4 Å². The van der Waals surface area contributed by atoms with Crippen molar-refractivity contribution in [2.24, 2.45) is 0 Å². The summed E-state index contributed by atoms with van der Waals surface area (Å²) in [7, 11) is 1.55. The lowest BCUT2D eigenvalue weighted by Gasteiger charge is -2.16. The smallest absolute Gasteiger partial charge is 0.438 e. The summed E-state index contributed by atoms with van der Waals surface area (Å²) in [5.41, 5.74) is 2.23. The molecule has 4 rings (SSSR count). The first-order valence-electron chi connectivity index (χ1n) is 9.47. The van der Waals surface area contributed by atoms with Crippen LogP contribution in [0, 0.1) is 11.3 Å². The number of ketones is 1. The molecule has 0 aliphatic heterocycles. The van der Waals surface area contributed by atoms with E-state index < -0.39 is 11.4 Å². The molecule has 0 saturated heterocycles. The number of nitrogens with zero attached hydrogens (tertiary/aromatic N) is 3. The highest BCUT2D eigenvalue weighted by molar-refractivity contribution is 8.00. The van der Waals surface area contributed by atoms with Crippen molar-refractivity contribution in [3.05, 3.63) is 63.3 Å². The second-order valence-corrected chi connectivity index (χ2v) is 7.80. The summed E-state index contributed by atoms with van der Waals surface area (Å²) in [6, 6.07) is 10.9. The van der Waals surface area contributed by atoms with Crippen LogP contribution in [0.3, 0.4) is 0 Å². The lowest BCUT2D eigenvalue weighted by molar-refractivity contribution is -0.672. The SMILES string of the molecule is COc1ccc(-[n+]2[nH]oc(=O)c2C(=O)CSc2nc3c(cc2C#N)CCCC3)cc1. The van der Waals surface area contributed by atoms with Gasteiger partial charge in [0, 0.05) is 17.8 Å². The Morgan fingerprint density at radius 1 is 1.33 bits per heavy atom. The number of aromatic nitrogens is 3. The highest BCUT2D eigenvalue weighted by Crippen LogP contribution is 2.27. The second kappa shape index (κ2) is 8.55. The molecule has 152 valence electrons. The number of aryl methyl sites for hydroxylation is 2. The molecule has 0 radical (unpaired) electrons. The number of ether oxygens (including phenoxy) is 1. The zero-order chi connectivity index (χ0) is 21.1. The minimum Gasteiger partial charge on any atom is -0.497 e. The van der Waals surface area contributed by atoms with E-state index in [2.05, 4.69) is 16.3 Å². The van der Waals surface area contributed by atoms with Crippen molar-refractivity contribution in [2.75, 3.05) is 12.9 Å². The van der Waals surface area contributed by atoms with Crippen molar-refractivity contribution in [3.63, 3.8) is 0 Å². The number of carbonyl (C=O) groups is 1. The molecule has 3 aromatic rings. The van der Waals surface area contributed by atoms with Crippen LogP contribution in [0.5, 0.6) is 5.75 Å². The Labute approximate surface area is 176 Å². The number of H-pyrrole nitrogens is 1. The van der Waals surface area contributed by atoms with Gasteiger partial charge in [0.1, 0.15) is 16.8 Å². The van der Waals surface area contributed by atoms with Crippen LogP contribution in [0.1, 0.15) is 40.2 Å². The average Bonchev–Trinajstić information content (AvgIpc) is 3.18. The van der Waals surface area contributed by atoms with Crippen molar-refractivity contribution in [1.29, 1.82) is 5.26 Å². The zero-order valence-corrected chi connectivity index (χ0v) is 17.1. The number of carbonyl (C=O) groups excluding carboxylic acids is 1. The van der Waals surface area contributed by atoms with Gasteiger partial charge in [-0.3, -0.25) is 9.32 Å². The maximum atomic E-state index is 12.8. The summed E-state index contributed by atoms with van der Waals surface area (Å²) in [5, 5.41) is 12.5. The van der Waals surface area contributed by atoms with E-state index in [4.69, 9.17) is 9.26 Å². The Balaban J connectivity index is 1.58. The molecule has 0 unspecified atom stereocenters. The summed E-state index contributed by atoms with van der Waals surface area (Å²) in [6.07, 6.45) is 3.97. The van der Waals surface area contributed by atoms with Crippen LogP contribution in [0.15, 0.2) is 44.7 Å². The van der Waals surface area contributed by atoms with Gasteiger partial charge in [-0.25, -0.2) is 9.78 Å². The summed E-state index contributed by atoms with van der Waals surface area (Å²) < 4.78 is 11.3. The molecule has 1 aromatic carbocycles. The van der Waals surface area contributed by atoms with Crippen LogP contribution >= 0.6 is 11.8 Å². The fraction of sp³-hybridized carbons (Fsp3) is 0.286. The highest BCUT2D eigenvalue weighted by atomic mass is 32.2. The van der Waals surface area contributed by atoms with E-state index in [1.165, 1.54) is 4.68 Å². The number of aromatic amines is 1. The third-order valence-electron chi connectivity index (χ3n) is 4.97. The molecule has 8 nitrogen and oxygen atoms in total. The Morgan fingerprint density at radius 3 is 2.83 bits per heavy atom. The lowest BCUT2D eigenvalue weighted by atomic mass is 9.95. The van der Waals surface area contributed by atoms with Gasteiger partial charge < -0.3 is 4.74 Å². The van der Waals surface area contributed by atoms with Gasteiger partial charge in [0.25, 0.3) is 0 Å². The summed E-state index contributed by atoms with van der Waals surface area (Å²) in [6.45, 7) is 0. The van der Waals surface area contributed by atoms with E-state index in [0.29, 0.717) is 22.0 Å². The van der Waals surface area contributed by atoms with Crippen molar-refractivity contribution in [2.45, 2.75) is 30.7 Å². The van der Waals surface area contributed by atoms with Crippen molar-refractivity contribution in [3.8, 4) is 17.5 Å². The largest absolute Gasteiger partial charge is 0.497 e. The van der Waals surface area contributed by atoms with E-state index in [9.17, 15) is 14.9 Å². The molecule has 0 amide bonds. The Morgan fingerprint density at radius 2 is 2.10 bits per heavy atom. The first-order chi connectivity index (χ1) is 14.6. The van der Waals surface area contributed by atoms with Crippen molar-refractivity contribution in [1.82, 2.24) is 10.3 Å². The molecule has 2 aromatic heterocycles. The number of pyridine rings is 1. The molecule has 0 saturated carbocycles. The molecule has 1 aliphatic rings. The average molecular weight is 423 g/mol. The fourth-order valence-electron chi connectivity index (χ4n) is 3.43. The topological polar surface area (TPSA) is 113 Å². The lowest BCUT2D eigenvalue weighted by Crippen LogP contribution is -2.41. The minimum absolute atomic E-state index is 0.0424. The Kier molecular flexibility index (Phi) is 5.68. The Hall–Kier alpha value is -3.38. The van der Waals surface area contributed by atoms with Crippen LogP contribution in [0.25, 0.3) is 5.69 Å². The fourth-order valence-corrected chi connectivity index (χ4v) is 4.27. The van der Waals surface area contributed by atoms with E-state index in [1.807, 2.05) is 6.07 Å². The van der Waals surface area contributed by atoms with Crippen LogP contribution in [-0.2, 0) is 12.8 Å². The quantitative estimate of drug-likeness (QED) is 0.368. The molecule has 2 heterocycles. The molecule has 0 bridgehead atoms. The number of hydrogen-bond acceptors (Lipinski definition) is 7. The maximum absolute atomic E-state index is 12.8. The number of benzene rings is 1. The van der Waals surface area contributed by atoms with E-state index >= 15 is 0 Å². The van der Waals surface area contributed by atoms with Gasteiger partial charge in [0.05, 0.1) is 18.4 Å². The van der Waals surface area contributed by atoms with Crippen LogP contribution in [0.2, 0.25) is 0 Å². The Bertz CT molecular complexity index is 1190. The predicted molar refractivity (Wildman–Crippen MR) is 108 cm³/mol. The van der Waals surface area contributed by atoms with Crippen LogP contribution in [0.4, 0.5) is 0 Å². The number of fused-ring (bicyclic) bond motifs is 1. The molecule has 1 N–H and O–H groups in total. The molecule has 0 atom stereocenters. The monoisotopic (exact) mass is 423 g/mol. The van der Waals surface area contributed by atoms with Gasteiger partial charge >= 0.3 is 11.3 Å². The van der Waals surface area contributed by atoms with E-state index in [0.717, 1.165) is 48.7 Å². The number of rotatable bonds is 6. The molecule has 0 fully saturated rings. The van der Waals surface area contributed by atoms with Gasteiger partial charge in [0.15, 0.2) is 0 Å². The highest BCUT2D eigenvalue weighted by Gasteiger charge is 2.31. The second-order valence-electron chi connectivity index (χ2n) is 6.84. The standard InChI is InChI=1S/C21H18N4O4S/c1-28-16-8-6-15(7-9-16)25-19(21(27)29-24-25)18(26)12-30-20-14(11-22)10-13-4-2-3-5-17(13)23-20/h6-10H,2-5,12H2,1H3/p+1. The van der Waals surface area contributed by atoms with Crippen molar-refractivity contribution >= 4 is 17.5 Å². The van der Waals surface area contributed by atoms with E-state index in [1.54, 1.807) is 31.4 Å². The first-order valence-corrected chi connectivity index (χ1v) is 10.5. The molecular formula is C21H19N4O4S+. The predicted octanol–water partition coefficient (Wildman–Crippen LogP) is 2.37. The van der Waals surface area contributed by atoms with Crippen LogP contribution in [-0.4, -0.2) is 28.9 Å². The molecule has 9 heteroatoms. The number of thioether (sulfide) groups is 1. The normalized spacial score (nSPS) is 12.8. The molecule has 0 spiro atoms. The summed E-state index contributed by atoms with van der Waals surface area (Å²) in [5.74, 6) is 0.185. The maximum Gasteiger partial charge on any atom is 0.438 e. The number of nitriles is 1. The number of methoxy groups -OCH3 is 1. The third kappa shape index (κ3) is 3.86. The first kappa shape index (κ1) is 19.9. The zero-order valence-electron chi connectivity index (χ0n) is 16.3. The summed E-state index contributed by atoms with van der Waals surface area (Å²) >= 11 is 1.16. The minimum atomic E-state index is -0.754. The summed E-state index contributed by atoms with van der Waals surface area (Å²) in [4.78, 5) is 29.6.